The SMILES string of the molecule is COCCN(CCOC)S(=O)(=O)c1ccc(C(=O)N(CCCN(C)C)c2nc3ccccc3s2)cc1.Cl. The summed E-state index contributed by atoms with van der Waals surface area (Å²) in [5.41, 5.74) is 1.25. The van der Waals surface area contributed by atoms with Gasteiger partial charge in [0.15, 0.2) is 5.13 Å². The maximum atomic E-state index is 13.6. The van der Waals surface area contributed by atoms with E-state index < -0.39 is 10.0 Å². The first-order valence-corrected chi connectivity index (χ1v) is 13.9. The summed E-state index contributed by atoms with van der Waals surface area (Å²) in [6, 6.07) is 13.9. The molecule has 37 heavy (non-hydrogen) atoms. The third-order valence-electron chi connectivity index (χ3n) is 5.57. The monoisotopic (exact) mass is 570 g/mol. The highest BCUT2D eigenvalue weighted by atomic mass is 35.5. The van der Waals surface area contributed by atoms with Crippen LogP contribution in [0.2, 0.25) is 0 Å². The minimum atomic E-state index is -3.77. The van der Waals surface area contributed by atoms with E-state index in [-0.39, 0.29) is 49.5 Å². The summed E-state index contributed by atoms with van der Waals surface area (Å²) in [6.45, 7) is 2.27. The molecule has 1 heterocycles. The molecule has 0 aliphatic rings. The van der Waals surface area contributed by atoms with Gasteiger partial charge in [0.25, 0.3) is 5.91 Å². The number of methoxy groups -OCH3 is 2. The third kappa shape index (κ3) is 8.18. The summed E-state index contributed by atoms with van der Waals surface area (Å²) >= 11 is 1.47. The van der Waals surface area contributed by atoms with Crippen LogP contribution in [-0.2, 0) is 19.5 Å². The number of carbonyl (C=O) groups is 1. The number of benzene rings is 2. The first kappa shape index (κ1) is 31.1. The second-order valence-corrected chi connectivity index (χ2v) is 11.4. The van der Waals surface area contributed by atoms with Gasteiger partial charge < -0.3 is 14.4 Å². The lowest BCUT2D eigenvalue weighted by molar-refractivity contribution is 0.0986. The number of hydrogen-bond acceptors (Lipinski definition) is 8. The van der Waals surface area contributed by atoms with Crippen molar-refractivity contribution in [3.8, 4) is 0 Å². The maximum absolute atomic E-state index is 13.6. The third-order valence-corrected chi connectivity index (χ3v) is 8.55. The second kappa shape index (κ2) is 14.7. The summed E-state index contributed by atoms with van der Waals surface area (Å²) in [5.74, 6) is -0.215. The molecule has 0 saturated carbocycles. The molecule has 9 nitrogen and oxygen atoms in total. The van der Waals surface area contributed by atoms with Gasteiger partial charge in [0, 0.05) is 39.4 Å². The second-order valence-electron chi connectivity index (χ2n) is 8.49. The van der Waals surface area contributed by atoms with E-state index in [1.54, 1.807) is 17.0 Å². The molecule has 0 N–H and O–H groups in total. The molecule has 0 bridgehead atoms. The molecule has 0 aliphatic carbocycles. The van der Waals surface area contributed by atoms with Gasteiger partial charge in [-0.2, -0.15) is 4.31 Å². The molecule has 12 heteroatoms. The van der Waals surface area contributed by atoms with Crippen LogP contribution in [0.25, 0.3) is 10.2 Å². The van der Waals surface area contributed by atoms with Crippen LogP contribution in [0.3, 0.4) is 0 Å². The zero-order valence-corrected chi connectivity index (χ0v) is 24.1. The molecule has 0 saturated heterocycles. The molecule has 0 fully saturated rings. The minimum Gasteiger partial charge on any atom is -0.383 e. The Balaban J connectivity index is 0.00000481. The number of hydrogen-bond donors (Lipinski definition) is 0. The van der Waals surface area contributed by atoms with E-state index in [0.29, 0.717) is 17.2 Å². The van der Waals surface area contributed by atoms with Crippen LogP contribution in [0.4, 0.5) is 5.13 Å². The number of amides is 1. The Morgan fingerprint density at radius 1 is 0.919 bits per heavy atom. The molecule has 0 spiro atoms. The Bertz CT molecular complexity index is 1190. The first-order chi connectivity index (χ1) is 17.3. The van der Waals surface area contributed by atoms with Gasteiger partial charge in [-0.1, -0.05) is 23.5 Å². The maximum Gasteiger partial charge on any atom is 0.260 e. The number of nitrogens with zero attached hydrogens (tertiary/aromatic N) is 4. The topological polar surface area (TPSA) is 92.3 Å². The van der Waals surface area contributed by atoms with E-state index in [1.807, 2.05) is 38.4 Å². The molecular weight excluding hydrogens is 536 g/mol. The van der Waals surface area contributed by atoms with Gasteiger partial charge in [-0.3, -0.25) is 9.69 Å². The van der Waals surface area contributed by atoms with Crippen molar-refractivity contribution in [2.24, 2.45) is 0 Å². The fourth-order valence-electron chi connectivity index (χ4n) is 3.62. The molecule has 0 atom stereocenters. The molecule has 3 rings (SSSR count). The lowest BCUT2D eigenvalue weighted by atomic mass is 10.2. The quantitative estimate of drug-likeness (QED) is 0.292. The zero-order valence-electron chi connectivity index (χ0n) is 21.6. The van der Waals surface area contributed by atoms with Gasteiger partial charge >= 0.3 is 0 Å². The Morgan fingerprint density at radius 3 is 2.11 bits per heavy atom. The van der Waals surface area contributed by atoms with E-state index in [9.17, 15) is 13.2 Å². The number of ether oxygens (including phenoxy) is 2. The fourth-order valence-corrected chi connectivity index (χ4v) is 6.02. The highest BCUT2D eigenvalue weighted by molar-refractivity contribution is 7.89. The average molecular weight is 571 g/mol. The van der Waals surface area contributed by atoms with Crippen molar-refractivity contribution >= 4 is 55.0 Å². The van der Waals surface area contributed by atoms with Gasteiger partial charge in [-0.05, 0) is 63.5 Å². The summed E-state index contributed by atoms with van der Waals surface area (Å²) in [6.07, 6.45) is 0.773. The fraction of sp³-hybridized carbons (Fsp3) is 0.440. The smallest absolute Gasteiger partial charge is 0.260 e. The van der Waals surface area contributed by atoms with Crippen molar-refractivity contribution in [2.75, 3.05) is 72.6 Å². The Kier molecular flexibility index (Phi) is 12.4. The van der Waals surface area contributed by atoms with E-state index in [2.05, 4.69) is 9.88 Å². The number of thiazole rings is 1. The van der Waals surface area contributed by atoms with Crippen LogP contribution >= 0.6 is 23.7 Å². The number of para-hydroxylation sites is 1. The van der Waals surface area contributed by atoms with Crippen LogP contribution in [0.1, 0.15) is 16.8 Å². The van der Waals surface area contributed by atoms with Gasteiger partial charge in [0.1, 0.15) is 0 Å². The molecular formula is C25H35ClN4O5S2. The number of rotatable bonds is 14. The van der Waals surface area contributed by atoms with Crippen LogP contribution in [0, 0.1) is 0 Å². The first-order valence-electron chi connectivity index (χ1n) is 11.7. The van der Waals surface area contributed by atoms with Crippen LogP contribution in [0.5, 0.6) is 0 Å². The average Bonchev–Trinajstić information content (AvgIpc) is 3.30. The van der Waals surface area contributed by atoms with Gasteiger partial charge in [-0.25, -0.2) is 13.4 Å². The zero-order chi connectivity index (χ0) is 26.1. The molecule has 204 valence electrons. The van der Waals surface area contributed by atoms with Gasteiger partial charge in [0.2, 0.25) is 10.0 Å². The Morgan fingerprint density at radius 2 is 1.54 bits per heavy atom. The number of carbonyl (C=O) groups excluding carboxylic acids is 1. The van der Waals surface area contributed by atoms with Crippen molar-refractivity contribution in [2.45, 2.75) is 11.3 Å². The summed E-state index contributed by atoms with van der Waals surface area (Å²) in [4.78, 5) is 22.1. The van der Waals surface area contributed by atoms with Crippen LogP contribution in [0.15, 0.2) is 53.4 Å². The van der Waals surface area contributed by atoms with Gasteiger partial charge in [0.05, 0.1) is 28.3 Å². The van der Waals surface area contributed by atoms with Crippen molar-refractivity contribution in [1.82, 2.24) is 14.2 Å². The summed E-state index contributed by atoms with van der Waals surface area (Å²) in [5, 5.41) is 0.627. The Hall–Kier alpha value is -2.12. The lowest BCUT2D eigenvalue weighted by Gasteiger charge is -2.22. The molecule has 2 aromatic carbocycles. The van der Waals surface area contributed by atoms with Gasteiger partial charge in [-0.15, -0.1) is 12.4 Å². The largest absolute Gasteiger partial charge is 0.383 e. The predicted octanol–water partition coefficient (Wildman–Crippen LogP) is 3.60. The van der Waals surface area contributed by atoms with Crippen molar-refractivity contribution in [3.63, 3.8) is 0 Å². The highest BCUT2D eigenvalue weighted by Gasteiger charge is 2.26. The number of aromatic nitrogens is 1. The standard InChI is InChI=1S/C25H34N4O5S2.ClH/c1-27(2)14-7-15-29(25-26-22-8-5-6-9-23(22)35-25)24(30)20-10-12-21(13-11-20)36(31,32)28(16-18-33-3)17-19-34-4;/h5-6,8-13H,7,14-19H2,1-4H3;1H. The Labute approximate surface area is 229 Å². The van der Waals surface area contributed by atoms with Crippen LogP contribution in [-0.4, -0.2) is 96.2 Å². The van der Waals surface area contributed by atoms with Crippen molar-refractivity contribution in [3.05, 3.63) is 54.1 Å². The van der Waals surface area contributed by atoms with E-state index in [0.717, 1.165) is 23.2 Å². The van der Waals surface area contributed by atoms with Crippen LogP contribution < -0.4 is 4.90 Å². The summed E-state index contributed by atoms with van der Waals surface area (Å²) < 4.78 is 38.8. The molecule has 0 aliphatic heterocycles. The number of fused-ring (bicyclic) bond motifs is 1. The summed E-state index contributed by atoms with van der Waals surface area (Å²) in [7, 11) is 3.26. The normalized spacial score (nSPS) is 11.7. The molecule has 3 aromatic rings. The number of anilines is 1. The van der Waals surface area contributed by atoms with Crippen molar-refractivity contribution < 1.29 is 22.7 Å². The van der Waals surface area contributed by atoms with E-state index in [1.165, 1.54) is 42.0 Å². The van der Waals surface area contributed by atoms with E-state index >= 15 is 0 Å². The lowest BCUT2D eigenvalue weighted by Crippen LogP contribution is -2.36. The molecule has 0 unspecified atom stereocenters. The predicted molar refractivity (Wildman–Crippen MR) is 151 cm³/mol. The number of halogens is 1. The van der Waals surface area contributed by atoms with E-state index in [4.69, 9.17) is 9.47 Å². The highest BCUT2D eigenvalue weighted by Crippen LogP contribution is 2.30. The molecule has 1 amide bonds. The molecule has 1 aromatic heterocycles. The number of sulfonamides is 1. The van der Waals surface area contributed by atoms with Crippen molar-refractivity contribution in [1.29, 1.82) is 0 Å². The molecule has 0 radical (unpaired) electrons. The minimum absolute atomic E-state index is 0.